The molecule has 0 unspecified atom stereocenters. The summed E-state index contributed by atoms with van der Waals surface area (Å²) in [6.07, 6.45) is -4.33. The zero-order valence-electron chi connectivity index (χ0n) is 13.1. The lowest BCUT2D eigenvalue weighted by Gasteiger charge is -2.30. The predicted molar refractivity (Wildman–Crippen MR) is 81.1 cm³/mol. The van der Waals surface area contributed by atoms with Crippen LogP contribution in [0.2, 0.25) is 0 Å². The maximum Gasteiger partial charge on any atom is 0.416 e. The molecular weight excluding hydrogens is 309 g/mol. The Morgan fingerprint density at radius 2 is 1.91 bits per heavy atom. The predicted octanol–water partition coefficient (Wildman–Crippen LogP) is 1.83. The summed E-state index contributed by atoms with van der Waals surface area (Å²) in [5.74, 6) is 0. The largest absolute Gasteiger partial charge is 0.416 e. The zero-order valence-corrected chi connectivity index (χ0v) is 13.1. The van der Waals surface area contributed by atoms with Crippen molar-refractivity contribution in [2.75, 3.05) is 52.5 Å². The van der Waals surface area contributed by atoms with Crippen molar-refractivity contribution >= 4 is 0 Å². The molecule has 23 heavy (non-hydrogen) atoms. The highest BCUT2D eigenvalue weighted by atomic mass is 19.4. The Kier molecular flexibility index (Phi) is 6.83. The summed E-state index contributed by atoms with van der Waals surface area (Å²) >= 11 is 0. The van der Waals surface area contributed by atoms with Crippen LogP contribution < -0.4 is 0 Å². The monoisotopic (exact) mass is 332 g/mol. The van der Waals surface area contributed by atoms with Gasteiger partial charge in [-0.05, 0) is 11.6 Å². The molecule has 1 saturated heterocycles. The van der Waals surface area contributed by atoms with Gasteiger partial charge < -0.3 is 9.84 Å². The highest BCUT2D eigenvalue weighted by molar-refractivity contribution is 5.25. The van der Waals surface area contributed by atoms with E-state index in [1.165, 1.54) is 12.1 Å². The zero-order chi connectivity index (χ0) is 16.7. The SMILES string of the molecule is OCCN(CCN1CCOCC1)Cc1cccc(C(F)(F)F)c1. The van der Waals surface area contributed by atoms with Crippen LogP contribution in [0.4, 0.5) is 13.2 Å². The fraction of sp³-hybridized carbons (Fsp3) is 0.625. The number of benzene rings is 1. The molecule has 1 aromatic carbocycles. The molecule has 1 heterocycles. The van der Waals surface area contributed by atoms with E-state index in [0.717, 1.165) is 25.7 Å². The molecule has 0 aliphatic carbocycles. The highest BCUT2D eigenvalue weighted by Crippen LogP contribution is 2.29. The molecule has 0 amide bonds. The van der Waals surface area contributed by atoms with E-state index in [9.17, 15) is 18.3 Å². The van der Waals surface area contributed by atoms with Gasteiger partial charge in [-0.15, -0.1) is 0 Å². The lowest BCUT2D eigenvalue weighted by Crippen LogP contribution is -2.41. The van der Waals surface area contributed by atoms with Gasteiger partial charge in [0.1, 0.15) is 0 Å². The number of aliphatic hydroxyl groups is 1. The van der Waals surface area contributed by atoms with Gasteiger partial charge in [-0.3, -0.25) is 9.80 Å². The lowest BCUT2D eigenvalue weighted by atomic mass is 10.1. The summed E-state index contributed by atoms with van der Waals surface area (Å²) in [6, 6.07) is 5.37. The van der Waals surface area contributed by atoms with Crippen molar-refractivity contribution in [1.82, 2.24) is 9.80 Å². The summed E-state index contributed by atoms with van der Waals surface area (Å²) in [4.78, 5) is 4.24. The minimum Gasteiger partial charge on any atom is -0.395 e. The second-order valence-corrected chi connectivity index (χ2v) is 5.65. The van der Waals surface area contributed by atoms with Crippen molar-refractivity contribution in [2.45, 2.75) is 12.7 Å². The van der Waals surface area contributed by atoms with Crippen LogP contribution in [0, 0.1) is 0 Å². The van der Waals surface area contributed by atoms with Crippen LogP contribution in [0.25, 0.3) is 0 Å². The van der Waals surface area contributed by atoms with Crippen molar-refractivity contribution in [3.05, 3.63) is 35.4 Å². The van der Waals surface area contributed by atoms with Crippen molar-refractivity contribution in [3.63, 3.8) is 0 Å². The third-order valence-corrected chi connectivity index (χ3v) is 3.91. The maximum absolute atomic E-state index is 12.8. The summed E-state index contributed by atoms with van der Waals surface area (Å²) in [6.45, 7) is 5.53. The average Bonchev–Trinajstić information content (AvgIpc) is 2.53. The van der Waals surface area contributed by atoms with E-state index < -0.39 is 11.7 Å². The summed E-state index contributed by atoms with van der Waals surface area (Å²) in [5, 5.41) is 9.18. The van der Waals surface area contributed by atoms with E-state index in [-0.39, 0.29) is 6.61 Å². The smallest absolute Gasteiger partial charge is 0.395 e. The number of morpholine rings is 1. The topological polar surface area (TPSA) is 35.9 Å². The molecule has 0 radical (unpaired) electrons. The fourth-order valence-electron chi connectivity index (χ4n) is 2.62. The number of ether oxygens (including phenoxy) is 1. The molecule has 1 fully saturated rings. The van der Waals surface area contributed by atoms with Crippen LogP contribution in [-0.2, 0) is 17.5 Å². The number of rotatable bonds is 7. The molecule has 4 nitrogen and oxygen atoms in total. The number of aliphatic hydroxyl groups excluding tert-OH is 1. The van der Waals surface area contributed by atoms with Crippen LogP contribution in [0.1, 0.15) is 11.1 Å². The summed E-state index contributed by atoms with van der Waals surface area (Å²) in [7, 11) is 0. The molecule has 1 N–H and O–H groups in total. The Labute approximate surface area is 134 Å². The minimum atomic E-state index is -4.33. The molecule has 1 aliphatic rings. The van der Waals surface area contributed by atoms with Crippen molar-refractivity contribution in [1.29, 1.82) is 0 Å². The van der Waals surface area contributed by atoms with Gasteiger partial charge in [-0.25, -0.2) is 0 Å². The fourth-order valence-corrected chi connectivity index (χ4v) is 2.62. The number of nitrogens with zero attached hydrogens (tertiary/aromatic N) is 2. The molecular formula is C16H23F3N2O2. The van der Waals surface area contributed by atoms with Gasteiger partial charge in [-0.2, -0.15) is 13.2 Å². The van der Waals surface area contributed by atoms with Gasteiger partial charge >= 0.3 is 6.18 Å². The van der Waals surface area contributed by atoms with Gasteiger partial charge in [-0.1, -0.05) is 18.2 Å². The van der Waals surface area contributed by atoms with Gasteiger partial charge in [0.05, 0.1) is 25.4 Å². The van der Waals surface area contributed by atoms with Gasteiger partial charge in [0.15, 0.2) is 0 Å². The molecule has 1 aromatic rings. The van der Waals surface area contributed by atoms with E-state index >= 15 is 0 Å². The van der Waals surface area contributed by atoms with E-state index in [1.54, 1.807) is 6.07 Å². The van der Waals surface area contributed by atoms with Crippen molar-refractivity contribution < 1.29 is 23.0 Å². The number of alkyl halides is 3. The second-order valence-electron chi connectivity index (χ2n) is 5.65. The Morgan fingerprint density at radius 1 is 1.17 bits per heavy atom. The standard InChI is InChI=1S/C16H23F3N2O2/c17-16(18,19)15-3-1-2-14(12-15)13-21(6-9-22)5-4-20-7-10-23-11-8-20/h1-3,12,22H,4-11,13H2. The third kappa shape index (κ3) is 6.10. The normalized spacial score (nSPS) is 16.9. The van der Waals surface area contributed by atoms with Crippen LogP contribution in [0.5, 0.6) is 0 Å². The Bertz CT molecular complexity index is 477. The summed E-state index contributed by atoms with van der Waals surface area (Å²) in [5.41, 5.74) is -0.0256. The van der Waals surface area contributed by atoms with E-state index in [1.807, 2.05) is 4.90 Å². The quantitative estimate of drug-likeness (QED) is 0.826. The molecule has 7 heteroatoms. The maximum atomic E-state index is 12.8. The van der Waals surface area contributed by atoms with Crippen molar-refractivity contribution in [2.24, 2.45) is 0 Å². The molecule has 0 saturated carbocycles. The number of halogens is 3. The van der Waals surface area contributed by atoms with Crippen LogP contribution >= 0.6 is 0 Å². The van der Waals surface area contributed by atoms with Crippen LogP contribution in [0.3, 0.4) is 0 Å². The molecule has 1 aliphatic heterocycles. The third-order valence-electron chi connectivity index (χ3n) is 3.91. The number of hydrogen-bond acceptors (Lipinski definition) is 4. The molecule has 2 rings (SSSR count). The molecule has 0 atom stereocenters. The molecule has 0 spiro atoms. The first-order valence-electron chi connectivity index (χ1n) is 7.78. The minimum absolute atomic E-state index is 0.0118. The van der Waals surface area contributed by atoms with E-state index in [0.29, 0.717) is 38.4 Å². The second kappa shape index (κ2) is 8.63. The van der Waals surface area contributed by atoms with Gasteiger partial charge in [0.2, 0.25) is 0 Å². The first-order valence-corrected chi connectivity index (χ1v) is 7.78. The first kappa shape index (κ1) is 18.2. The molecule has 0 aromatic heterocycles. The van der Waals surface area contributed by atoms with E-state index in [2.05, 4.69) is 4.90 Å². The number of hydrogen-bond donors (Lipinski definition) is 1. The Morgan fingerprint density at radius 3 is 2.57 bits per heavy atom. The molecule has 130 valence electrons. The van der Waals surface area contributed by atoms with Gasteiger partial charge in [0, 0.05) is 39.3 Å². The van der Waals surface area contributed by atoms with E-state index in [4.69, 9.17) is 4.74 Å². The first-order chi connectivity index (χ1) is 11.0. The Hall–Kier alpha value is -1.15. The Balaban J connectivity index is 1.92. The summed E-state index contributed by atoms with van der Waals surface area (Å²) < 4.78 is 43.6. The highest BCUT2D eigenvalue weighted by Gasteiger charge is 2.30. The van der Waals surface area contributed by atoms with Crippen molar-refractivity contribution in [3.8, 4) is 0 Å². The molecule has 0 bridgehead atoms. The van der Waals surface area contributed by atoms with Crippen LogP contribution in [-0.4, -0.2) is 67.5 Å². The average molecular weight is 332 g/mol. The van der Waals surface area contributed by atoms with Gasteiger partial charge in [0.25, 0.3) is 0 Å². The van der Waals surface area contributed by atoms with Crippen LogP contribution in [0.15, 0.2) is 24.3 Å². The lowest BCUT2D eigenvalue weighted by molar-refractivity contribution is -0.137.